The Morgan fingerprint density at radius 3 is 2.93 bits per heavy atom. The van der Waals surface area contributed by atoms with Crippen molar-refractivity contribution in [2.45, 2.75) is 19.9 Å². The Balaban J connectivity index is 2.43. The molecule has 0 aliphatic heterocycles. The summed E-state index contributed by atoms with van der Waals surface area (Å²) in [7, 11) is 0. The minimum atomic E-state index is -0.199. The number of nitrogens with one attached hydrogen (secondary N) is 1. The molecule has 1 nitrogen and oxygen atoms in total. The van der Waals surface area contributed by atoms with Crippen LogP contribution in [0, 0.1) is 5.82 Å². The summed E-state index contributed by atoms with van der Waals surface area (Å²) in [5.74, 6) is -0.199. The minimum Gasteiger partial charge on any atom is -0.312 e. The molecule has 82 valence electrons. The van der Waals surface area contributed by atoms with Gasteiger partial charge in [-0.1, -0.05) is 21.5 Å². The monoisotopic (exact) mass is 271 g/mol. The third-order valence-corrected chi connectivity index (χ3v) is 2.83. The third-order valence-electron chi connectivity index (χ3n) is 2.05. The van der Waals surface area contributed by atoms with Crippen molar-refractivity contribution in [1.82, 2.24) is 5.32 Å². The first-order valence-corrected chi connectivity index (χ1v) is 5.68. The first-order valence-electron chi connectivity index (χ1n) is 4.88. The summed E-state index contributed by atoms with van der Waals surface area (Å²) >= 11 is 3.39. The zero-order chi connectivity index (χ0) is 11.3. The topological polar surface area (TPSA) is 12.0 Å². The fourth-order valence-electron chi connectivity index (χ4n) is 1.20. The molecule has 1 aromatic carbocycles. The summed E-state index contributed by atoms with van der Waals surface area (Å²) in [6, 6.07) is 4.71. The standard InChI is InChI=1S/C12H15BrFN/c1-9(2)5-6-15-8-10-7-11(14)3-4-12(10)13/h3-4,7,15H,1,5-6,8H2,2H3. The van der Waals surface area contributed by atoms with E-state index in [1.54, 1.807) is 6.07 Å². The van der Waals surface area contributed by atoms with E-state index in [9.17, 15) is 4.39 Å². The molecule has 0 heterocycles. The number of halogens is 2. The van der Waals surface area contributed by atoms with Gasteiger partial charge in [0.25, 0.3) is 0 Å². The van der Waals surface area contributed by atoms with Gasteiger partial charge in [-0.15, -0.1) is 6.58 Å². The fourth-order valence-corrected chi connectivity index (χ4v) is 1.59. The maximum absolute atomic E-state index is 12.9. The highest BCUT2D eigenvalue weighted by Crippen LogP contribution is 2.17. The van der Waals surface area contributed by atoms with Gasteiger partial charge in [-0.2, -0.15) is 0 Å². The molecular formula is C12H15BrFN. The average Bonchev–Trinajstić information content (AvgIpc) is 2.17. The van der Waals surface area contributed by atoms with Crippen LogP contribution < -0.4 is 5.32 Å². The number of benzene rings is 1. The van der Waals surface area contributed by atoms with Crippen LogP contribution in [0.2, 0.25) is 0 Å². The second kappa shape index (κ2) is 6.03. The van der Waals surface area contributed by atoms with Crippen molar-refractivity contribution in [1.29, 1.82) is 0 Å². The predicted molar refractivity (Wildman–Crippen MR) is 65.2 cm³/mol. The molecule has 15 heavy (non-hydrogen) atoms. The Labute approximate surface area is 98.5 Å². The summed E-state index contributed by atoms with van der Waals surface area (Å²) in [5, 5.41) is 3.24. The second-order valence-corrected chi connectivity index (χ2v) is 4.47. The molecular weight excluding hydrogens is 257 g/mol. The summed E-state index contributed by atoms with van der Waals surface area (Å²) in [5.41, 5.74) is 2.09. The molecule has 0 amide bonds. The van der Waals surface area contributed by atoms with E-state index < -0.39 is 0 Å². The summed E-state index contributed by atoms with van der Waals surface area (Å²) in [6.45, 7) is 7.37. The summed E-state index contributed by atoms with van der Waals surface area (Å²) < 4.78 is 13.9. The first kappa shape index (κ1) is 12.4. The van der Waals surface area contributed by atoms with Crippen LogP contribution in [0.15, 0.2) is 34.8 Å². The van der Waals surface area contributed by atoms with E-state index in [4.69, 9.17) is 0 Å². The van der Waals surface area contributed by atoms with Gasteiger partial charge in [0.2, 0.25) is 0 Å². The molecule has 0 aliphatic rings. The van der Waals surface area contributed by atoms with Gasteiger partial charge in [0, 0.05) is 11.0 Å². The zero-order valence-electron chi connectivity index (χ0n) is 8.82. The van der Waals surface area contributed by atoms with E-state index in [0.29, 0.717) is 6.54 Å². The van der Waals surface area contributed by atoms with Crippen molar-refractivity contribution in [3.63, 3.8) is 0 Å². The largest absolute Gasteiger partial charge is 0.312 e. The molecule has 1 rings (SSSR count). The maximum Gasteiger partial charge on any atom is 0.123 e. The van der Waals surface area contributed by atoms with Gasteiger partial charge >= 0.3 is 0 Å². The molecule has 1 N–H and O–H groups in total. The van der Waals surface area contributed by atoms with Crippen molar-refractivity contribution in [3.05, 3.63) is 46.2 Å². The number of hydrogen-bond donors (Lipinski definition) is 1. The van der Waals surface area contributed by atoms with Gasteiger partial charge < -0.3 is 5.32 Å². The lowest BCUT2D eigenvalue weighted by molar-refractivity contribution is 0.619. The molecule has 1 aromatic rings. The van der Waals surface area contributed by atoms with Crippen molar-refractivity contribution >= 4 is 15.9 Å². The van der Waals surface area contributed by atoms with Gasteiger partial charge in [0.1, 0.15) is 5.82 Å². The van der Waals surface area contributed by atoms with Crippen LogP contribution in [0.25, 0.3) is 0 Å². The fraction of sp³-hybridized carbons (Fsp3) is 0.333. The highest BCUT2D eigenvalue weighted by atomic mass is 79.9. The quantitative estimate of drug-likeness (QED) is 0.637. The Kier molecular flexibility index (Phi) is 4.99. The molecule has 0 spiro atoms. The van der Waals surface area contributed by atoms with Crippen LogP contribution in [-0.4, -0.2) is 6.54 Å². The molecule has 0 aromatic heterocycles. The van der Waals surface area contributed by atoms with Crippen LogP contribution in [-0.2, 0) is 6.54 Å². The molecule has 0 aliphatic carbocycles. The van der Waals surface area contributed by atoms with E-state index in [1.807, 2.05) is 6.92 Å². The lowest BCUT2D eigenvalue weighted by Gasteiger charge is -2.06. The first-order chi connectivity index (χ1) is 7.09. The van der Waals surface area contributed by atoms with Crippen molar-refractivity contribution < 1.29 is 4.39 Å². The van der Waals surface area contributed by atoms with Crippen molar-refractivity contribution in [2.24, 2.45) is 0 Å². The van der Waals surface area contributed by atoms with Gasteiger partial charge in [-0.3, -0.25) is 0 Å². The minimum absolute atomic E-state index is 0.199. The van der Waals surface area contributed by atoms with Crippen LogP contribution in [0.4, 0.5) is 4.39 Å². The van der Waals surface area contributed by atoms with Crippen molar-refractivity contribution in [2.75, 3.05) is 6.54 Å². The predicted octanol–water partition coefficient (Wildman–Crippen LogP) is 3.64. The highest BCUT2D eigenvalue weighted by Gasteiger charge is 2.00. The highest BCUT2D eigenvalue weighted by molar-refractivity contribution is 9.10. The summed E-state index contributed by atoms with van der Waals surface area (Å²) in [6.07, 6.45) is 0.951. The van der Waals surface area contributed by atoms with E-state index in [1.165, 1.54) is 12.1 Å². The van der Waals surface area contributed by atoms with Gasteiger partial charge in [-0.05, 0) is 43.7 Å². The van der Waals surface area contributed by atoms with Crippen LogP contribution in [0.5, 0.6) is 0 Å². The van der Waals surface area contributed by atoms with Crippen LogP contribution in [0.1, 0.15) is 18.9 Å². The summed E-state index contributed by atoms with van der Waals surface area (Å²) in [4.78, 5) is 0. The van der Waals surface area contributed by atoms with Gasteiger partial charge in [0.15, 0.2) is 0 Å². The van der Waals surface area contributed by atoms with E-state index in [2.05, 4.69) is 27.8 Å². The Morgan fingerprint density at radius 1 is 1.53 bits per heavy atom. The van der Waals surface area contributed by atoms with E-state index in [-0.39, 0.29) is 5.82 Å². The van der Waals surface area contributed by atoms with Gasteiger partial charge in [-0.25, -0.2) is 4.39 Å². The van der Waals surface area contributed by atoms with Crippen LogP contribution in [0.3, 0.4) is 0 Å². The SMILES string of the molecule is C=C(C)CCNCc1cc(F)ccc1Br. The second-order valence-electron chi connectivity index (χ2n) is 3.62. The molecule has 0 radical (unpaired) electrons. The molecule has 0 fully saturated rings. The Morgan fingerprint density at radius 2 is 2.27 bits per heavy atom. The van der Waals surface area contributed by atoms with E-state index >= 15 is 0 Å². The maximum atomic E-state index is 12.9. The molecule has 0 unspecified atom stereocenters. The van der Waals surface area contributed by atoms with Gasteiger partial charge in [0.05, 0.1) is 0 Å². The number of hydrogen-bond acceptors (Lipinski definition) is 1. The molecule has 0 bridgehead atoms. The average molecular weight is 272 g/mol. The lowest BCUT2D eigenvalue weighted by atomic mass is 10.2. The molecule has 3 heteroatoms. The normalized spacial score (nSPS) is 10.3. The smallest absolute Gasteiger partial charge is 0.123 e. The van der Waals surface area contributed by atoms with Crippen LogP contribution >= 0.6 is 15.9 Å². The molecule has 0 saturated heterocycles. The third kappa shape index (κ3) is 4.58. The zero-order valence-corrected chi connectivity index (χ0v) is 10.4. The molecule has 0 atom stereocenters. The number of rotatable bonds is 5. The van der Waals surface area contributed by atoms with Crippen molar-refractivity contribution in [3.8, 4) is 0 Å². The Bertz CT molecular complexity index is 349. The lowest BCUT2D eigenvalue weighted by Crippen LogP contribution is -2.15. The van der Waals surface area contributed by atoms with E-state index in [0.717, 1.165) is 28.6 Å². The Hall–Kier alpha value is -0.670. The molecule has 0 saturated carbocycles.